The molecule has 0 fully saturated rings. The molecule has 2 aromatic carbocycles. The Morgan fingerprint density at radius 1 is 1.15 bits per heavy atom. The van der Waals surface area contributed by atoms with Gasteiger partial charge in [0.1, 0.15) is 18.2 Å². The summed E-state index contributed by atoms with van der Waals surface area (Å²) < 4.78 is 21.2. The smallest absolute Gasteiger partial charge is 0.196 e. The minimum atomic E-state index is -0.229. The van der Waals surface area contributed by atoms with Gasteiger partial charge >= 0.3 is 0 Å². The highest BCUT2D eigenvalue weighted by Gasteiger charge is 2.19. The Labute approximate surface area is 232 Å². The van der Waals surface area contributed by atoms with Crippen LogP contribution in [0.15, 0.2) is 84.3 Å². The number of aromatic nitrogens is 4. The van der Waals surface area contributed by atoms with Crippen LogP contribution < -0.4 is 10.1 Å². The van der Waals surface area contributed by atoms with Crippen molar-refractivity contribution in [1.82, 2.24) is 25.1 Å². The van der Waals surface area contributed by atoms with E-state index in [-0.39, 0.29) is 12.4 Å². The molecule has 39 heavy (non-hydrogen) atoms. The SMILES string of the molecule is Cc1cc(OCc2nnc(SC3C=CCCC3)n2-c2cccnc2)ccc1C#CCNCc1ccc(F)cc1. The molecular formula is C31H30FN5OS. The number of pyridine rings is 1. The minimum absolute atomic E-state index is 0.229. The maximum absolute atomic E-state index is 13.0. The zero-order valence-corrected chi connectivity index (χ0v) is 22.6. The van der Waals surface area contributed by atoms with E-state index in [2.05, 4.69) is 44.5 Å². The molecule has 2 aromatic heterocycles. The van der Waals surface area contributed by atoms with Crippen molar-refractivity contribution in [1.29, 1.82) is 0 Å². The Hall–Kier alpha value is -3.93. The number of halogens is 1. The summed E-state index contributed by atoms with van der Waals surface area (Å²) in [6, 6.07) is 16.3. The van der Waals surface area contributed by atoms with Gasteiger partial charge in [-0.25, -0.2) is 4.39 Å². The van der Waals surface area contributed by atoms with Crippen molar-refractivity contribution in [3.8, 4) is 23.3 Å². The van der Waals surface area contributed by atoms with Crippen LogP contribution in [-0.2, 0) is 13.2 Å². The van der Waals surface area contributed by atoms with Crippen molar-refractivity contribution in [2.24, 2.45) is 0 Å². The Bertz CT molecular complexity index is 1470. The second-order valence-corrected chi connectivity index (χ2v) is 10.5. The van der Waals surface area contributed by atoms with Gasteiger partial charge in [-0.2, -0.15) is 0 Å². The van der Waals surface area contributed by atoms with Crippen molar-refractivity contribution < 1.29 is 9.13 Å². The minimum Gasteiger partial charge on any atom is -0.486 e. The molecule has 0 bridgehead atoms. The van der Waals surface area contributed by atoms with Gasteiger partial charge in [0.05, 0.1) is 18.4 Å². The quantitative estimate of drug-likeness (QED) is 0.159. The van der Waals surface area contributed by atoms with E-state index in [0.29, 0.717) is 18.3 Å². The van der Waals surface area contributed by atoms with Gasteiger partial charge in [-0.3, -0.25) is 9.55 Å². The lowest BCUT2D eigenvalue weighted by Gasteiger charge is -2.16. The van der Waals surface area contributed by atoms with Gasteiger partial charge in [-0.05, 0) is 79.8 Å². The molecule has 6 nitrogen and oxygen atoms in total. The van der Waals surface area contributed by atoms with Crippen LogP contribution in [0.2, 0.25) is 0 Å². The van der Waals surface area contributed by atoms with E-state index < -0.39 is 0 Å². The molecule has 0 radical (unpaired) electrons. The maximum Gasteiger partial charge on any atom is 0.196 e. The first-order chi connectivity index (χ1) is 19.2. The monoisotopic (exact) mass is 539 g/mol. The van der Waals surface area contributed by atoms with Gasteiger partial charge in [-0.15, -0.1) is 10.2 Å². The third-order valence-electron chi connectivity index (χ3n) is 6.32. The lowest BCUT2D eigenvalue weighted by atomic mass is 10.1. The molecule has 1 unspecified atom stereocenters. The third-order valence-corrected chi connectivity index (χ3v) is 7.49. The van der Waals surface area contributed by atoms with Crippen LogP contribution in [0.1, 0.15) is 41.8 Å². The van der Waals surface area contributed by atoms with Gasteiger partial charge in [0.2, 0.25) is 0 Å². The van der Waals surface area contributed by atoms with Crippen molar-refractivity contribution in [2.45, 2.75) is 49.7 Å². The van der Waals surface area contributed by atoms with Gasteiger partial charge in [0, 0.05) is 23.6 Å². The van der Waals surface area contributed by atoms with E-state index in [1.807, 2.05) is 48.0 Å². The fourth-order valence-electron chi connectivity index (χ4n) is 4.26. The topological polar surface area (TPSA) is 64.9 Å². The van der Waals surface area contributed by atoms with E-state index in [4.69, 9.17) is 4.74 Å². The number of aryl methyl sites for hydroxylation is 1. The summed E-state index contributed by atoms with van der Waals surface area (Å²) in [5, 5.41) is 13.5. The van der Waals surface area contributed by atoms with Crippen molar-refractivity contribution >= 4 is 11.8 Å². The summed E-state index contributed by atoms with van der Waals surface area (Å²) in [6.07, 6.45) is 11.6. The van der Waals surface area contributed by atoms with Crippen molar-refractivity contribution in [3.05, 3.63) is 107 Å². The highest BCUT2D eigenvalue weighted by atomic mass is 32.2. The van der Waals surface area contributed by atoms with Gasteiger partial charge in [0.25, 0.3) is 0 Å². The van der Waals surface area contributed by atoms with Gasteiger partial charge < -0.3 is 10.1 Å². The van der Waals surface area contributed by atoms with Crippen molar-refractivity contribution in [2.75, 3.05) is 6.54 Å². The number of hydrogen-bond donors (Lipinski definition) is 1. The molecule has 0 saturated heterocycles. The molecule has 0 aliphatic heterocycles. The Morgan fingerprint density at radius 2 is 2.05 bits per heavy atom. The standard InChI is InChI=1S/C31H30FN5OS/c1-23-19-28(16-13-25(23)7-5-17-33-20-24-11-14-26(32)15-12-24)38-22-30-35-36-31(39-29-9-3-2-4-10-29)37(30)27-8-6-18-34-21-27/h3,6,8-9,11-16,18-19,21,29,33H,2,4,10,17,20,22H2,1H3. The number of ether oxygens (including phenoxy) is 1. The molecule has 0 spiro atoms. The van der Waals surface area contributed by atoms with Crippen molar-refractivity contribution in [3.63, 3.8) is 0 Å². The molecule has 2 heterocycles. The van der Waals surface area contributed by atoms with E-state index in [1.165, 1.54) is 18.6 Å². The fourth-order valence-corrected chi connectivity index (χ4v) is 5.40. The summed E-state index contributed by atoms with van der Waals surface area (Å²) >= 11 is 1.73. The van der Waals surface area contributed by atoms with Crippen LogP contribution in [-0.4, -0.2) is 31.5 Å². The molecule has 8 heteroatoms. The highest BCUT2D eigenvalue weighted by molar-refractivity contribution is 7.99. The number of nitrogens with zero attached hydrogens (tertiary/aromatic N) is 4. The predicted molar refractivity (Wildman–Crippen MR) is 152 cm³/mol. The Kier molecular flexibility index (Phi) is 9.05. The normalized spacial score (nSPS) is 14.6. The second-order valence-electron chi connectivity index (χ2n) is 9.26. The predicted octanol–water partition coefficient (Wildman–Crippen LogP) is 6.03. The average Bonchev–Trinajstić information content (AvgIpc) is 3.36. The molecule has 1 atom stereocenters. The summed E-state index contributed by atoms with van der Waals surface area (Å²) in [5.74, 6) is 7.61. The Balaban J connectivity index is 1.21. The van der Waals surface area contributed by atoms with E-state index in [1.54, 1.807) is 30.1 Å². The molecule has 4 aromatic rings. The lowest BCUT2D eigenvalue weighted by molar-refractivity contribution is 0.292. The number of hydrogen-bond acceptors (Lipinski definition) is 6. The van der Waals surface area contributed by atoms with Crippen LogP contribution >= 0.6 is 11.8 Å². The molecule has 198 valence electrons. The first-order valence-corrected chi connectivity index (χ1v) is 13.9. The molecule has 1 aliphatic rings. The van der Waals surface area contributed by atoms with Crippen LogP contribution in [0, 0.1) is 24.6 Å². The molecule has 1 N–H and O–H groups in total. The van der Waals surface area contributed by atoms with E-state index >= 15 is 0 Å². The van der Waals surface area contributed by atoms with Crippen LogP contribution in [0.4, 0.5) is 4.39 Å². The molecule has 1 aliphatic carbocycles. The molecule has 0 amide bonds. The van der Waals surface area contributed by atoms with Crippen LogP contribution in [0.3, 0.4) is 0 Å². The number of benzene rings is 2. The average molecular weight is 540 g/mol. The van der Waals surface area contributed by atoms with E-state index in [9.17, 15) is 4.39 Å². The highest BCUT2D eigenvalue weighted by Crippen LogP contribution is 2.31. The number of thioether (sulfide) groups is 1. The number of rotatable bonds is 9. The largest absolute Gasteiger partial charge is 0.486 e. The summed E-state index contributed by atoms with van der Waals surface area (Å²) in [6.45, 7) is 3.48. The maximum atomic E-state index is 13.0. The molecular weight excluding hydrogens is 509 g/mol. The first-order valence-electron chi connectivity index (χ1n) is 13.0. The van der Waals surface area contributed by atoms with Gasteiger partial charge in [-0.1, -0.05) is 47.9 Å². The third kappa shape index (κ3) is 7.34. The first kappa shape index (κ1) is 26.7. The zero-order valence-electron chi connectivity index (χ0n) is 21.8. The molecule has 5 rings (SSSR count). The van der Waals surface area contributed by atoms with E-state index in [0.717, 1.165) is 51.9 Å². The zero-order chi connectivity index (χ0) is 26.9. The number of nitrogens with one attached hydrogen (secondary N) is 1. The summed E-state index contributed by atoms with van der Waals surface area (Å²) in [7, 11) is 0. The van der Waals surface area contributed by atoms with Gasteiger partial charge in [0.15, 0.2) is 11.0 Å². The summed E-state index contributed by atoms with van der Waals surface area (Å²) in [5.41, 5.74) is 3.92. The fraction of sp³-hybridized carbons (Fsp3) is 0.258. The second kappa shape index (κ2) is 13.2. The summed E-state index contributed by atoms with van der Waals surface area (Å²) in [4.78, 5) is 4.29. The Morgan fingerprint density at radius 3 is 2.82 bits per heavy atom. The lowest BCUT2D eigenvalue weighted by Crippen LogP contribution is -2.13. The molecule has 0 saturated carbocycles. The van der Waals surface area contributed by atoms with Crippen LogP contribution in [0.25, 0.3) is 5.69 Å². The van der Waals surface area contributed by atoms with Crippen LogP contribution in [0.5, 0.6) is 5.75 Å². The number of allylic oxidation sites excluding steroid dienone is 1.